The van der Waals surface area contributed by atoms with Crippen molar-refractivity contribution in [2.24, 2.45) is 0 Å². The van der Waals surface area contributed by atoms with Crippen LogP contribution in [0.2, 0.25) is 0 Å². The second kappa shape index (κ2) is 5.39. The molecule has 0 aliphatic carbocycles. The van der Waals surface area contributed by atoms with E-state index in [1.807, 2.05) is 31.2 Å². The Balaban J connectivity index is 2.03. The third-order valence-electron chi connectivity index (χ3n) is 4.12. The molecule has 0 N–H and O–H groups in total. The Morgan fingerprint density at radius 3 is 2.29 bits per heavy atom. The lowest BCUT2D eigenvalue weighted by atomic mass is 10.1. The van der Waals surface area contributed by atoms with Gasteiger partial charge in [0.15, 0.2) is 0 Å². The van der Waals surface area contributed by atoms with Crippen molar-refractivity contribution in [3.63, 3.8) is 0 Å². The summed E-state index contributed by atoms with van der Waals surface area (Å²) >= 11 is 0. The Morgan fingerprint density at radius 1 is 0.875 bits per heavy atom. The van der Waals surface area contributed by atoms with Gasteiger partial charge in [-0.15, -0.1) is 0 Å². The van der Waals surface area contributed by atoms with E-state index in [0.717, 1.165) is 22.1 Å². The van der Waals surface area contributed by atoms with Crippen molar-refractivity contribution in [1.29, 1.82) is 0 Å². The van der Waals surface area contributed by atoms with E-state index in [1.54, 1.807) is 49.1 Å². The molecule has 5 heteroatoms. The first kappa shape index (κ1) is 14.8. The van der Waals surface area contributed by atoms with Gasteiger partial charge >= 0.3 is 0 Å². The van der Waals surface area contributed by atoms with Crippen molar-refractivity contribution in [1.82, 2.24) is 3.97 Å². The van der Waals surface area contributed by atoms with Crippen molar-refractivity contribution in [2.75, 3.05) is 0 Å². The second-order valence-electron chi connectivity index (χ2n) is 5.64. The van der Waals surface area contributed by atoms with Crippen LogP contribution in [0.15, 0.2) is 82.6 Å². The third kappa shape index (κ3) is 2.17. The Hall–Kier alpha value is -2.79. The Bertz CT molecular complexity index is 1120. The van der Waals surface area contributed by atoms with E-state index in [-0.39, 0.29) is 4.90 Å². The third-order valence-corrected chi connectivity index (χ3v) is 5.81. The van der Waals surface area contributed by atoms with Crippen LogP contribution in [-0.4, -0.2) is 12.4 Å². The number of benzene rings is 2. The summed E-state index contributed by atoms with van der Waals surface area (Å²) in [5, 5.41) is 0.876. The summed E-state index contributed by atoms with van der Waals surface area (Å²) in [6, 6.07) is 15.9. The molecular formula is C19H15NO3S. The van der Waals surface area contributed by atoms with Crippen LogP contribution in [0.3, 0.4) is 0 Å². The van der Waals surface area contributed by atoms with Crippen molar-refractivity contribution >= 4 is 20.9 Å². The van der Waals surface area contributed by atoms with E-state index in [9.17, 15) is 8.42 Å². The molecule has 0 spiro atoms. The zero-order valence-electron chi connectivity index (χ0n) is 13.0. The highest BCUT2D eigenvalue weighted by atomic mass is 32.2. The van der Waals surface area contributed by atoms with Gasteiger partial charge in [0, 0.05) is 22.7 Å². The van der Waals surface area contributed by atoms with E-state index in [4.69, 9.17) is 4.42 Å². The molecule has 120 valence electrons. The van der Waals surface area contributed by atoms with Gasteiger partial charge in [-0.3, -0.25) is 0 Å². The summed E-state index contributed by atoms with van der Waals surface area (Å²) in [6.45, 7) is 1.94. The molecule has 0 aliphatic rings. The first-order chi connectivity index (χ1) is 11.6. The molecule has 4 aromatic rings. The topological polar surface area (TPSA) is 52.2 Å². The summed E-state index contributed by atoms with van der Waals surface area (Å²) in [5.74, 6) is 0. The number of hydrogen-bond acceptors (Lipinski definition) is 3. The molecule has 0 saturated heterocycles. The van der Waals surface area contributed by atoms with Crippen molar-refractivity contribution in [3.8, 4) is 11.1 Å². The van der Waals surface area contributed by atoms with Crippen LogP contribution in [0.25, 0.3) is 22.0 Å². The fourth-order valence-corrected chi connectivity index (χ4v) is 4.30. The Morgan fingerprint density at radius 2 is 1.58 bits per heavy atom. The molecule has 0 atom stereocenters. The number of furan rings is 1. The molecule has 24 heavy (non-hydrogen) atoms. The maximum Gasteiger partial charge on any atom is 0.268 e. The summed E-state index contributed by atoms with van der Waals surface area (Å²) < 4.78 is 32.7. The summed E-state index contributed by atoms with van der Waals surface area (Å²) in [6.07, 6.45) is 4.98. The first-order valence-electron chi connectivity index (χ1n) is 7.53. The molecule has 0 fully saturated rings. The maximum absolute atomic E-state index is 13.1. The number of aromatic nitrogens is 1. The highest BCUT2D eigenvalue weighted by molar-refractivity contribution is 7.90. The average molecular weight is 337 g/mol. The molecule has 4 rings (SSSR count). The highest BCUT2D eigenvalue weighted by Crippen LogP contribution is 2.34. The van der Waals surface area contributed by atoms with Gasteiger partial charge in [-0.1, -0.05) is 36.4 Å². The van der Waals surface area contributed by atoms with E-state index in [2.05, 4.69) is 0 Å². The van der Waals surface area contributed by atoms with E-state index >= 15 is 0 Å². The van der Waals surface area contributed by atoms with Gasteiger partial charge in [0.2, 0.25) is 0 Å². The molecule has 4 nitrogen and oxygen atoms in total. The number of hydrogen-bond donors (Lipinski definition) is 0. The molecule has 0 aliphatic heterocycles. The second-order valence-corrected chi connectivity index (χ2v) is 7.46. The van der Waals surface area contributed by atoms with Gasteiger partial charge in [0.1, 0.15) is 0 Å². The number of nitrogens with zero attached hydrogens (tertiary/aromatic N) is 1. The molecule has 0 bridgehead atoms. The standard InChI is InChI=1S/C19H15NO3S/c1-14-12-23-13-18(14)17-11-20(19-10-6-5-9-16(17)19)24(21,22)15-7-3-2-4-8-15/h2-13H,1H3. The van der Waals surface area contributed by atoms with Crippen molar-refractivity contribution in [2.45, 2.75) is 11.8 Å². The molecule has 2 aromatic carbocycles. The minimum absolute atomic E-state index is 0.265. The maximum atomic E-state index is 13.1. The van der Waals surface area contributed by atoms with Gasteiger partial charge < -0.3 is 4.42 Å². The quantitative estimate of drug-likeness (QED) is 0.555. The summed E-state index contributed by atoms with van der Waals surface area (Å²) in [7, 11) is -3.66. The van der Waals surface area contributed by atoms with Gasteiger partial charge in [-0.05, 0) is 30.7 Å². The smallest absolute Gasteiger partial charge is 0.268 e. The molecule has 0 unspecified atom stereocenters. The lowest BCUT2D eigenvalue weighted by molar-refractivity contribution is 0.566. The zero-order valence-corrected chi connectivity index (χ0v) is 13.8. The van der Waals surface area contributed by atoms with Crippen LogP contribution in [0.5, 0.6) is 0 Å². The lowest BCUT2D eigenvalue weighted by Gasteiger charge is -2.07. The number of rotatable bonds is 3. The minimum Gasteiger partial charge on any atom is -0.472 e. The molecule has 2 heterocycles. The monoisotopic (exact) mass is 337 g/mol. The highest BCUT2D eigenvalue weighted by Gasteiger charge is 2.22. The van der Waals surface area contributed by atoms with Gasteiger partial charge in [0.05, 0.1) is 22.9 Å². The van der Waals surface area contributed by atoms with E-state index in [1.165, 1.54) is 3.97 Å². The van der Waals surface area contributed by atoms with Crippen LogP contribution in [-0.2, 0) is 10.0 Å². The van der Waals surface area contributed by atoms with Crippen LogP contribution in [0, 0.1) is 6.92 Å². The van der Waals surface area contributed by atoms with Crippen LogP contribution < -0.4 is 0 Å². The average Bonchev–Trinajstić information content (AvgIpc) is 3.19. The molecule has 0 radical (unpaired) electrons. The van der Waals surface area contributed by atoms with Crippen LogP contribution >= 0.6 is 0 Å². The summed E-state index contributed by atoms with van der Waals surface area (Å²) in [5.41, 5.74) is 3.36. The number of para-hydroxylation sites is 1. The Kier molecular flexibility index (Phi) is 3.32. The lowest BCUT2D eigenvalue weighted by Crippen LogP contribution is -2.11. The largest absolute Gasteiger partial charge is 0.472 e. The van der Waals surface area contributed by atoms with Gasteiger partial charge in [0.25, 0.3) is 10.0 Å². The molecule has 2 aromatic heterocycles. The predicted octanol–water partition coefficient (Wildman–Crippen LogP) is 4.45. The number of aryl methyl sites for hydroxylation is 1. The minimum atomic E-state index is -3.66. The van der Waals surface area contributed by atoms with Crippen LogP contribution in [0.4, 0.5) is 0 Å². The van der Waals surface area contributed by atoms with Crippen LogP contribution in [0.1, 0.15) is 5.56 Å². The van der Waals surface area contributed by atoms with Gasteiger partial charge in [-0.25, -0.2) is 12.4 Å². The van der Waals surface area contributed by atoms with Gasteiger partial charge in [-0.2, -0.15) is 0 Å². The Labute approximate surface area is 140 Å². The fourth-order valence-electron chi connectivity index (χ4n) is 2.91. The van der Waals surface area contributed by atoms with E-state index in [0.29, 0.717) is 5.52 Å². The predicted molar refractivity (Wildman–Crippen MR) is 93.4 cm³/mol. The van der Waals surface area contributed by atoms with Crippen molar-refractivity contribution < 1.29 is 12.8 Å². The zero-order chi connectivity index (χ0) is 16.7. The molecule has 0 saturated carbocycles. The van der Waals surface area contributed by atoms with Crippen molar-refractivity contribution in [3.05, 3.63) is 78.9 Å². The molecule has 0 amide bonds. The summed E-state index contributed by atoms with van der Waals surface area (Å²) in [4.78, 5) is 0.265. The van der Waals surface area contributed by atoms with E-state index < -0.39 is 10.0 Å². The molecular weight excluding hydrogens is 322 g/mol. The fraction of sp³-hybridized carbons (Fsp3) is 0.0526. The first-order valence-corrected chi connectivity index (χ1v) is 8.97. The SMILES string of the molecule is Cc1cocc1-c1cn(S(=O)(=O)c2ccccc2)c2ccccc12. The number of fused-ring (bicyclic) bond motifs is 1. The normalized spacial score (nSPS) is 11.9.